The SMILES string of the molecule is CC[O-].CN1CCC(F)(F)C1.[K+]. The molecule has 1 aliphatic heterocycles. The summed E-state index contributed by atoms with van der Waals surface area (Å²) >= 11 is 0. The topological polar surface area (TPSA) is 26.3 Å². The molecule has 2 nitrogen and oxygen atoms in total. The van der Waals surface area contributed by atoms with E-state index >= 15 is 0 Å². The summed E-state index contributed by atoms with van der Waals surface area (Å²) in [6, 6.07) is 0. The van der Waals surface area contributed by atoms with Gasteiger partial charge >= 0.3 is 51.4 Å². The Kier molecular flexibility index (Phi) is 10.3. The van der Waals surface area contributed by atoms with Gasteiger partial charge in [-0.2, -0.15) is 0 Å². The molecule has 68 valence electrons. The molecule has 0 unspecified atom stereocenters. The van der Waals surface area contributed by atoms with Gasteiger partial charge in [-0.1, -0.05) is 6.92 Å². The van der Waals surface area contributed by atoms with Crippen LogP contribution >= 0.6 is 0 Å². The van der Waals surface area contributed by atoms with E-state index < -0.39 is 5.92 Å². The van der Waals surface area contributed by atoms with Crippen LogP contribution in [0.15, 0.2) is 0 Å². The zero-order valence-corrected chi connectivity index (χ0v) is 11.1. The molecule has 1 rings (SSSR count). The predicted octanol–water partition coefficient (Wildman–Crippen LogP) is -2.67. The zero-order chi connectivity index (χ0) is 8.91. The summed E-state index contributed by atoms with van der Waals surface area (Å²) in [5.41, 5.74) is 0. The summed E-state index contributed by atoms with van der Waals surface area (Å²) in [6.45, 7) is 2.04. The van der Waals surface area contributed by atoms with Crippen molar-refractivity contribution in [1.29, 1.82) is 0 Å². The molecule has 1 fully saturated rings. The Bertz CT molecular complexity index is 114. The van der Waals surface area contributed by atoms with Gasteiger partial charge in [-0.25, -0.2) is 8.78 Å². The summed E-state index contributed by atoms with van der Waals surface area (Å²) in [6.07, 6.45) is 0.0312. The molecule has 0 aliphatic carbocycles. The van der Waals surface area contributed by atoms with Gasteiger partial charge in [-0.3, -0.25) is 0 Å². The van der Waals surface area contributed by atoms with E-state index in [0.717, 1.165) is 0 Å². The second kappa shape index (κ2) is 7.79. The zero-order valence-electron chi connectivity index (χ0n) is 7.94. The molecule has 0 atom stereocenters. The van der Waals surface area contributed by atoms with Crippen molar-refractivity contribution in [2.75, 3.05) is 26.7 Å². The standard InChI is InChI=1S/C5H9F2N.C2H5O.K/c1-8-3-2-5(6,7)4-8;1-2-3;/h2-4H2,1H3;2H2,1H3;/q;-1;+1. The molecule has 1 heterocycles. The molecule has 0 aromatic heterocycles. The second-order valence-electron chi connectivity index (χ2n) is 2.63. The second-order valence-corrected chi connectivity index (χ2v) is 2.63. The van der Waals surface area contributed by atoms with Crippen molar-refractivity contribution in [3.8, 4) is 0 Å². The minimum Gasteiger partial charge on any atom is -0.855 e. The van der Waals surface area contributed by atoms with Crippen LogP contribution in [0.5, 0.6) is 0 Å². The first-order chi connectivity index (χ1) is 5.02. The molecule has 0 bridgehead atoms. The van der Waals surface area contributed by atoms with Crippen LogP contribution in [-0.2, 0) is 0 Å². The van der Waals surface area contributed by atoms with Crippen molar-refractivity contribution in [3.63, 3.8) is 0 Å². The fourth-order valence-electron chi connectivity index (χ4n) is 0.907. The third kappa shape index (κ3) is 8.03. The number of likely N-dealkylation sites (tertiary alicyclic amines) is 1. The molecular weight excluding hydrogens is 191 g/mol. The quantitative estimate of drug-likeness (QED) is 0.403. The molecular formula is C7H14F2KNO. The maximum absolute atomic E-state index is 12.2. The maximum Gasteiger partial charge on any atom is 1.00 e. The van der Waals surface area contributed by atoms with Gasteiger partial charge < -0.3 is 10.0 Å². The van der Waals surface area contributed by atoms with Crippen LogP contribution in [0.2, 0.25) is 0 Å². The molecule has 0 N–H and O–H groups in total. The molecule has 5 heteroatoms. The summed E-state index contributed by atoms with van der Waals surface area (Å²) in [5, 5.41) is 8.93. The monoisotopic (exact) mass is 205 g/mol. The minimum absolute atomic E-state index is 0. The first-order valence-corrected chi connectivity index (χ1v) is 3.66. The van der Waals surface area contributed by atoms with Crippen molar-refractivity contribution in [2.24, 2.45) is 0 Å². The van der Waals surface area contributed by atoms with E-state index in [4.69, 9.17) is 5.11 Å². The van der Waals surface area contributed by atoms with Crippen LogP contribution in [-0.4, -0.2) is 37.6 Å². The number of alkyl halides is 2. The Morgan fingerprint density at radius 3 is 2.00 bits per heavy atom. The van der Waals surface area contributed by atoms with Gasteiger partial charge in [0.15, 0.2) is 0 Å². The van der Waals surface area contributed by atoms with E-state index in [1.807, 2.05) is 0 Å². The van der Waals surface area contributed by atoms with Gasteiger partial charge in [0.05, 0.1) is 6.54 Å². The number of halogens is 2. The first kappa shape index (κ1) is 15.9. The van der Waals surface area contributed by atoms with Crippen LogP contribution in [0.3, 0.4) is 0 Å². The first-order valence-electron chi connectivity index (χ1n) is 3.66. The number of hydrogen-bond acceptors (Lipinski definition) is 2. The van der Waals surface area contributed by atoms with E-state index in [2.05, 4.69) is 0 Å². The van der Waals surface area contributed by atoms with E-state index in [1.165, 1.54) is 0 Å². The van der Waals surface area contributed by atoms with Crippen molar-refractivity contribution >= 4 is 0 Å². The molecule has 0 saturated carbocycles. The summed E-state index contributed by atoms with van der Waals surface area (Å²) in [5.74, 6) is -2.41. The Labute approximate surface area is 115 Å². The van der Waals surface area contributed by atoms with Crippen molar-refractivity contribution in [1.82, 2.24) is 4.90 Å². The van der Waals surface area contributed by atoms with Crippen LogP contribution in [0.4, 0.5) is 8.78 Å². The molecule has 12 heavy (non-hydrogen) atoms. The van der Waals surface area contributed by atoms with Crippen LogP contribution in [0, 0.1) is 0 Å². The third-order valence-corrected chi connectivity index (χ3v) is 1.36. The van der Waals surface area contributed by atoms with Crippen molar-refractivity contribution in [2.45, 2.75) is 19.3 Å². The third-order valence-electron chi connectivity index (χ3n) is 1.36. The molecule has 0 amide bonds. The molecule has 0 radical (unpaired) electrons. The fourth-order valence-corrected chi connectivity index (χ4v) is 0.907. The van der Waals surface area contributed by atoms with Gasteiger partial charge in [0.25, 0.3) is 5.92 Å². The van der Waals surface area contributed by atoms with Gasteiger partial charge in [-0.05, 0) is 7.05 Å². The maximum atomic E-state index is 12.2. The number of nitrogens with zero attached hydrogens (tertiary/aromatic N) is 1. The van der Waals surface area contributed by atoms with Crippen molar-refractivity contribution < 1.29 is 65.3 Å². The summed E-state index contributed by atoms with van der Waals surface area (Å²) in [7, 11) is 1.71. The van der Waals surface area contributed by atoms with Gasteiger partial charge in [0.2, 0.25) is 0 Å². The molecule has 0 aromatic carbocycles. The molecule has 0 aromatic rings. The Morgan fingerprint density at radius 1 is 1.50 bits per heavy atom. The smallest absolute Gasteiger partial charge is 0.855 e. The van der Waals surface area contributed by atoms with Crippen LogP contribution < -0.4 is 56.5 Å². The normalized spacial score (nSPS) is 20.8. The van der Waals surface area contributed by atoms with Gasteiger partial charge in [0.1, 0.15) is 0 Å². The predicted molar refractivity (Wildman–Crippen MR) is 37.6 cm³/mol. The van der Waals surface area contributed by atoms with Gasteiger partial charge in [0, 0.05) is 13.0 Å². The molecule has 1 saturated heterocycles. The fraction of sp³-hybridized carbons (Fsp3) is 1.00. The Morgan fingerprint density at radius 2 is 1.92 bits per heavy atom. The minimum atomic E-state index is -2.41. The van der Waals surface area contributed by atoms with Crippen LogP contribution in [0.25, 0.3) is 0 Å². The van der Waals surface area contributed by atoms with Crippen LogP contribution in [0.1, 0.15) is 13.3 Å². The van der Waals surface area contributed by atoms with E-state index in [0.29, 0.717) is 6.54 Å². The summed E-state index contributed by atoms with van der Waals surface area (Å²) in [4.78, 5) is 1.64. The largest absolute Gasteiger partial charge is 1.00 e. The van der Waals surface area contributed by atoms with Crippen molar-refractivity contribution in [3.05, 3.63) is 0 Å². The van der Waals surface area contributed by atoms with Gasteiger partial charge in [-0.15, -0.1) is 6.61 Å². The number of rotatable bonds is 0. The van der Waals surface area contributed by atoms with E-state index in [-0.39, 0.29) is 71.0 Å². The Balaban J connectivity index is 0. The number of hydrogen-bond donors (Lipinski definition) is 0. The molecule has 1 aliphatic rings. The average Bonchev–Trinajstić information content (AvgIpc) is 2.11. The summed E-state index contributed by atoms with van der Waals surface area (Å²) < 4.78 is 24.3. The van der Waals surface area contributed by atoms with E-state index in [9.17, 15) is 8.78 Å². The van der Waals surface area contributed by atoms with E-state index in [1.54, 1.807) is 18.9 Å². The Hall–Kier alpha value is 1.42. The molecule has 0 spiro atoms. The average molecular weight is 205 g/mol.